The average Bonchev–Trinajstić information content (AvgIpc) is 2.95. The smallest absolute Gasteiger partial charge is 0.206 e. The van der Waals surface area contributed by atoms with Crippen LogP contribution < -0.4 is 5.32 Å². The molecule has 3 aromatic rings. The lowest BCUT2D eigenvalue weighted by molar-refractivity contribution is 0.888. The Morgan fingerprint density at radius 1 is 1.00 bits per heavy atom. The maximum Gasteiger partial charge on any atom is 0.206 e. The van der Waals surface area contributed by atoms with Crippen LogP contribution in [0.1, 0.15) is 19.5 Å². The van der Waals surface area contributed by atoms with Crippen LogP contribution >= 0.6 is 11.3 Å². The zero-order valence-corrected chi connectivity index (χ0v) is 13.7. The number of aromatic nitrogens is 3. The molecule has 0 amide bonds. The first-order chi connectivity index (χ1) is 10.6. The van der Waals surface area contributed by atoms with Crippen molar-refractivity contribution in [3.05, 3.63) is 48.2 Å². The summed E-state index contributed by atoms with van der Waals surface area (Å²) in [6.07, 6.45) is 0. The Morgan fingerprint density at radius 3 is 2.45 bits per heavy atom. The first-order valence-corrected chi connectivity index (χ1v) is 8.08. The molecule has 0 unspecified atom stereocenters. The zero-order chi connectivity index (χ0) is 15.5. The van der Waals surface area contributed by atoms with E-state index < -0.39 is 0 Å². The second-order valence-corrected chi connectivity index (χ2v) is 6.38. The molecule has 0 spiro atoms. The quantitative estimate of drug-likeness (QED) is 0.776. The standard InChI is InChI=1S/C17H18N4S/c1-11(2)18-17-21-20-16(22-17)14-9-10-15(19-12(14)3)13-7-5-4-6-8-13/h4-11H,1-3H3,(H,18,21). The van der Waals surface area contributed by atoms with Gasteiger partial charge in [0.15, 0.2) is 5.01 Å². The van der Waals surface area contributed by atoms with Gasteiger partial charge in [-0.3, -0.25) is 4.98 Å². The van der Waals surface area contributed by atoms with Gasteiger partial charge in [0.2, 0.25) is 5.13 Å². The second-order valence-electron chi connectivity index (χ2n) is 5.41. The van der Waals surface area contributed by atoms with Crippen LogP contribution in [-0.2, 0) is 0 Å². The summed E-state index contributed by atoms with van der Waals surface area (Å²) in [4.78, 5) is 4.71. The maximum absolute atomic E-state index is 4.71. The van der Waals surface area contributed by atoms with E-state index in [0.29, 0.717) is 6.04 Å². The highest BCUT2D eigenvalue weighted by Crippen LogP contribution is 2.30. The third kappa shape index (κ3) is 3.14. The highest BCUT2D eigenvalue weighted by atomic mass is 32.1. The lowest BCUT2D eigenvalue weighted by Gasteiger charge is -2.06. The average molecular weight is 310 g/mol. The normalized spacial score (nSPS) is 10.9. The van der Waals surface area contributed by atoms with E-state index in [1.165, 1.54) is 0 Å². The van der Waals surface area contributed by atoms with Crippen LogP contribution in [0.2, 0.25) is 0 Å². The Hall–Kier alpha value is -2.27. The van der Waals surface area contributed by atoms with Crippen LogP contribution in [-0.4, -0.2) is 21.2 Å². The van der Waals surface area contributed by atoms with Crippen LogP contribution in [0.4, 0.5) is 5.13 Å². The van der Waals surface area contributed by atoms with Crippen molar-refractivity contribution >= 4 is 16.5 Å². The number of anilines is 1. The maximum atomic E-state index is 4.71. The van der Waals surface area contributed by atoms with Crippen molar-refractivity contribution in [2.45, 2.75) is 26.8 Å². The van der Waals surface area contributed by atoms with Crippen molar-refractivity contribution < 1.29 is 0 Å². The summed E-state index contributed by atoms with van der Waals surface area (Å²) in [6.45, 7) is 6.18. The third-order valence-corrected chi connectivity index (χ3v) is 4.11. The van der Waals surface area contributed by atoms with E-state index in [0.717, 1.165) is 32.7 Å². The molecule has 3 rings (SSSR count). The number of benzene rings is 1. The first kappa shape index (κ1) is 14.7. The van der Waals surface area contributed by atoms with Gasteiger partial charge >= 0.3 is 0 Å². The lowest BCUT2D eigenvalue weighted by atomic mass is 10.1. The molecule has 0 atom stereocenters. The number of hydrogen-bond acceptors (Lipinski definition) is 5. The van der Waals surface area contributed by atoms with E-state index in [1.54, 1.807) is 11.3 Å². The van der Waals surface area contributed by atoms with Gasteiger partial charge in [-0.05, 0) is 32.9 Å². The molecule has 22 heavy (non-hydrogen) atoms. The van der Waals surface area contributed by atoms with E-state index in [4.69, 9.17) is 4.98 Å². The molecule has 112 valence electrons. The molecule has 0 radical (unpaired) electrons. The van der Waals surface area contributed by atoms with Crippen LogP contribution in [0.25, 0.3) is 21.8 Å². The summed E-state index contributed by atoms with van der Waals surface area (Å²) < 4.78 is 0. The Balaban J connectivity index is 1.91. The number of hydrogen-bond donors (Lipinski definition) is 1. The van der Waals surface area contributed by atoms with Crippen LogP contribution in [0.15, 0.2) is 42.5 Å². The molecule has 0 aliphatic rings. The summed E-state index contributed by atoms with van der Waals surface area (Å²) in [5.41, 5.74) is 4.10. The van der Waals surface area contributed by atoms with Crippen molar-refractivity contribution in [2.24, 2.45) is 0 Å². The summed E-state index contributed by atoms with van der Waals surface area (Å²) in [5.74, 6) is 0. The molecule has 0 bridgehead atoms. The van der Waals surface area contributed by atoms with E-state index in [-0.39, 0.29) is 0 Å². The monoisotopic (exact) mass is 310 g/mol. The van der Waals surface area contributed by atoms with Crippen molar-refractivity contribution in [2.75, 3.05) is 5.32 Å². The van der Waals surface area contributed by atoms with Crippen molar-refractivity contribution in [3.63, 3.8) is 0 Å². The van der Waals surface area contributed by atoms with E-state index >= 15 is 0 Å². The molecule has 0 saturated heterocycles. The van der Waals surface area contributed by atoms with Gasteiger partial charge in [0, 0.05) is 22.9 Å². The Bertz CT molecular complexity index is 765. The molecule has 1 N–H and O–H groups in total. The van der Waals surface area contributed by atoms with Gasteiger partial charge in [-0.15, -0.1) is 10.2 Å². The highest BCUT2D eigenvalue weighted by molar-refractivity contribution is 7.18. The molecule has 0 aliphatic carbocycles. The Morgan fingerprint density at radius 2 is 1.77 bits per heavy atom. The van der Waals surface area contributed by atoms with Gasteiger partial charge in [0.05, 0.1) is 5.69 Å². The second kappa shape index (κ2) is 6.23. The number of nitrogens with one attached hydrogen (secondary N) is 1. The van der Waals surface area contributed by atoms with Gasteiger partial charge in [-0.1, -0.05) is 41.7 Å². The summed E-state index contributed by atoms with van der Waals surface area (Å²) in [5, 5.41) is 13.5. The van der Waals surface area contributed by atoms with E-state index in [9.17, 15) is 0 Å². The summed E-state index contributed by atoms with van der Waals surface area (Å²) in [6, 6.07) is 14.6. The van der Waals surface area contributed by atoms with Crippen molar-refractivity contribution in [3.8, 4) is 21.8 Å². The Labute approximate surface area is 134 Å². The minimum absolute atomic E-state index is 0.348. The minimum Gasteiger partial charge on any atom is -0.358 e. The molecule has 5 heteroatoms. The van der Waals surface area contributed by atoms with Gasteiger partial charge in [-0.25, -0.2) is 0 Å². The summed E-state index contributed by atoms with van der Waals surface area (Å²) >= 11 is 1.56. The predicted octanol–water partition coefficient (Wildman–Crippen LogP) is 4.40. The zero-order valence-electron chi connectivity index (χ0n) is 12.9. The lowest BCUT2D eigenvalue weighted by Crippen LogP contribution is -2.08. The largest absolute Gasteiger partial charge is 0.358 e. The first-order valence-electron chi connectivity index (χ1n) is 7.27. The SMILES string of the molecule is Cc1nc(-c2ccccc2)ccc1-c1nnc(NC(C)C)s1. The van der Waals surface area contributed by atoms with E-state index in [1.807, 2.05) is 31.2 Å². The number of rotatable bonds is 4. The fraction of sp³-hybridized carbons (Fsp3) is 0.235. The predicted molar refractivity (Wildman–Crippen MR) is 92.1 cm³/mol. The molecule has 0 saturated carbocycles. The molecule has 0 aliphatic heterocycles. The van der Waals surface area contributed by atoms with Gasteiger partial charge < -0.3 is 5.32 Å². The van der Waals surface area contributed by atoms with Crippen LogP contribution in [0.3, 0.4) is 0 Å². The molecule has 1 aromatic carbocycles. The van der Waals surface area contributed by atoms with Crippen LogP contribution in [0, 0.1) is 6.92 Å². The van der Waals surface area contributed by atoms with Gasteiger partial charge in [0.1, 0.15) is 0 Å². The summed E-state index contributed by atoms with van der Waals surface area (Å²) in [7, 11) is 0. The third-order valence-electron chi connectivity index (χ3n) is 3.22. The topological polar surface area (TPSA) is 50.7 Å². The number of nitrogens with zero attached hydrogens (tertiary/aromatic N) is 3. The molecule has 4 nitrogen and oxygen atoms in total. The van der Waals surface area contributed by atoms with Crippen molar-refractivity contribution in [1.29, 1.82) is 0 Å². The molecular formula is C17H18N4S. The van der Waals surface area contributed by atoms with Gasteiger partial charge in [0.25, 0.3) is 0 Å². The van der Waals surface area contributed by atoms with Crippen molar-refractivity contribution in [1.82, 2.24) is 15.2 Å². The molecule has 0 fully saturated rings. The molecule has 2 heterocycles. The Kier molecular flexibility index (Phi) is 4.15. The van der Waals surface area contributed by atoms with Gasteiger partial charge in [-0.2, -0.15) is 0 Å². The van der Waals surface area contributed by atoms with E-state index in [2.05, 4.69) is 47.6 Å². The minimum atomic E-state index is 0.348. The van der Waals surface area contributed by atoms with Crippen LogP contribution in [0.5, 0.6) is 0 Å². The molecular weight excluding hydrogens is 292 g/mol. The number of pyridine rings is 1. The fourth-order valence-electron chi connectivity index (χ4n) is 2.19. The molecule has 2 aromatic heterocycles. The fourth-order valence-corrected chi connectivity index (χ4v) is 3.16. The number of aryl methyl sites for hydroxylation is 1. The highest BCUT2D eigenvalue weighted by Gasteiger charge is 2.11.